The SMILES string of the molecule is CC(C)(COC(=O)Nc1ccc2c3c(cccc13)C(=O)N(CCN)C2=O)SS. The summed E-state index contributed by atoms with van der Waals surface area (Å²) in [6, 6.07) is 8.37. The molecule has 3 rings (SSSR count). The molecule has 0 saturated carbocycles. The number of nitrogens with one attached hydrogen (secondary N) is 1. The van der Waals surface area contributed by atoms with Gasteiger partial charge in [0.05, 0.1) is 10.4 Å². The summed E-state index contributed by atoms with van der Waals surface area (Å²) in [6.45, 7) is 4.34. The molecule has 3 amide bonds. The molecule has 0 saturated heterocycles. The topological polar surface area (TPSA) is 102 Å². The predicted molar refractivity (Wildman–Crippen MR) is 114 cm³/mol. The quantitative estimate of drug-likeness (QED) is 0.377. The summed E-state index contributed by atoms with van der Waals surface area (Å²) in [5, 5.41) is 3.82. The van der Waals surface area contributed by atoms with Crippen molar-refractivity contribution in [3.05, 3.63) is 41.5 Å². The third kappa shape index (κ3) is 3.82. The Balaban J connectivity index is 1.94. The van der Waals surface area contributed by atoms with Gasteiger partial charge in [-0.05, 0) is 32.0 Å². The maximum absolute atomic E-state index is 12.7. The highest BCUT2D eigenvalue weighted by molar-refractivity contribution is 8.69. The number of imide groups is 1. The smallest absolute Gasteiger partial charge is 0.411 e. The fourth-order valence-corrected chi connectivity index (χ4v) is 3.27. The van der Waals surface area contributed by atoms with Crippen molar-refractivity contribution in [3.8, 4) is 0 Å². The zero-order valence-corrected chi connectivity index (χ0v) is 17.2. The van der Waals surface area contributed by atoms with E-state index in [4.69, 9.17) is 10.5 Å². The van der Waals surface area contributed by atoms with Crippen LogP contribution < -0.4 is 11.1 Å². The van der Waals surface area contributed by atoms with Gasteiger partial charge in [0, 0.05) is 35.0 Å². The van der Waals surface area contributed by atoms with Gasteiger partial charge in [0.2, 0.25) is 0 Å². The van der Waals surface area contributed by atoms with E-state index in [2.05, 4.69) is 17.0 Å². The van der Waals surface area contributed by atoms with E-state index in [9.17, 15) is 14.4 Å². The molecule has 0 unspecified atom stereocenters. The summed E-state index contributed by atoms with van der Waals surface area (Å²) >= 11 is 4.16. The minimum Gasteiger partial charge on any atom is -0.448 e. The minimum absolute atomic E-state index is 0.152. The zero-order valence-electron chi connectivity index (χ0n) is 15.5. The Morgan fingerprint density at radius 2 is 1.89 bits per heavy atom. The summed E-state index contributed by atoms with van der Waals surface area (Å²) < 4.78 is 4.94. The molecule has 1 aliphatic heterocycles. The van der Waals surface area contributed by atoms with E-state index in [0.717, 1.165) is 4.90 Å². The van der Waals surface area contributed by atoms with Crippen molar-refractivity contribution in [1.29, 1.82) is 0 Å². The van der Waals surface area contributed by atoms with Crippen LogP contribution in [0.15, 0.2) is 30.3 Å². The van der Waals surface area contributed by atoms with Crippen molar-refractivity contribution in [1.82, 2.24) is 4.90 Å². The van der Waals surface area contributed by atoms with Crippen LogP contribution in [0.1, 0.15) is 34.6 Å². The molecule has 7 nitrogen and oxygen atoms in total. The summed E-state index contributed by atoms with van der Waals surface area (Å²) in [6.07, 6.45) is -0.616. The van der Waals surface area contributed by atoms with Crippen LogP contribution >= 0.6 is 22.5 Å². The standard InChI is InChI=1S/C19H21N3O4S2/c1-19(2,28-27)10-26-18(25)21-14-7-6-13-15-11(14)4-3-5-12(15)16(23)22(9-8-20)17(13)24/h3-7,27H,8-10,20H2,1-2H3,(H,21,25). The van der Waals surface area contributed by atoms with Gasteiger partial charge in [0.1, 0.15) is 6.61 Å². The molecule has 0 spiro atoms. The average molecular weight is 420 g/mol. The fraction of sp³-hybridized carbons (Fsp3) is 0.316. The molecular weight excluding hydrogens is 398 g/mol. The Hall–Kier alpha value is -2.23. The van der Waals surface area contributed by atoms with Crippen molar-refractivity contribution in [3.63, 3.8) is 0 Å². The van der Waals surface area contributed by atoms with E-state index < -0.39 is 6.09 Å². The number of hydrogen-bond donors (Lipinski definition) is 3. The molecule has 28 heavy (non-hydrogen) atoms. The Bertz CT molecular complexity index is 939. The number of hydrogen-bond acceptors (Lipinski definition) is 7. The second-order valence-corrected chi connectivity index (χ2v) is 8.83. The van der Waals surface area contributed by atoms with Gasteiger partial charge in [-0.3, -0.25) is 19.8 Å². The molecule has 1 heterocycles. The molecule has 3 N–H and O–H groups in total. The van der Waals surface area contributed by atoms with Crippen molar-refractivity contribution in [2.24, 2.45) is 5.73 Å². The summed E-state index contributed by atoms with van der Waals surface area (Å²) in [5.74, 6) is -0.776. The lowest BCUT2D eigenvalue weighted by atomic mass is 9.93. The van der Waals surface area contributed by atoms with Crippen LogP contribution in [0.2, 0.25) is 0 Å². The normalized spacial score (nSPS) is 13.8. The molecule has 1 aliphatic rings. The van der Waals surface area contributed by atoms with Crippen LogP contribution in [-0.4, -0.2) is 47.3 Å². The molecule has 9 heteroatoms. The molecule has 0 fully saturated rings. The number of nitrogens with two attached hydrogens (primary N) is 1. The number of carbonyl (C=O) groups is 3. The first-order chi connectivity index (χ1) is 13.3. The molecule has 0 radical (unpaired) electrons. The number of benzene rings is 2. The number of ether oxygens (including phenoxy) is 1. The second-order valence-electron chi connectivity index (χ2n) is 6.99. The molecule has 0 bridgehead atoms. The summed E-state index contributed by atoms with van der Waals surface area (Å²) in [5.41, 5.74) is 6.82. The maximum atomic E-state index is 12.7. The van der Waals surface area contributed by atoms with Crippen LogP contribution in [0.3, 0.4) is 0 Å². The third-order valence-corrected chi connectivity index (χ3v) is 6.47. The molecule has 2 aromatic rings. The van der Waals surface area contributed by atoms with E-state index in [-0.39, 0.29) is 36.3 Å². The molecule has 0 aromatic heterocycles. The molecule has 148 valence electrons. The second kappa shape index (κ2) is 8.02. The van der Waals surface area contributed by atoms with Crippen LogP contribution in [-0.2, 0) is 4.74 Å². The first-order valence-electron chi connectivity index (χ1n) is 8.67. The van der Waals surface area contributed by atoms with Crippen LogP contribution in [0, 0.1) is 0 Å². The number of anilines is 1. The fourth-order valence-electron chi connectivity index (χ4n) is 3.00. The lowest BCUT2D eigenvalue weighted by Crippen LogP contribution is -2.43. The van der Waals surface area contributed by atoms with Gasteiger partial charge >= 0.3 is 6.09 Å². The lowest BCUT2D eigenvalue weighted by Gasteiger charge is -2.27. The van der Waals surface area contributed by atoms with E-state index in [1.54, 1.807) is 30.3 Å². The number of thiol groups is 1. The maximum Gasteiger partial charge on any atom is 0.411 e. The molecular formula is C19H21N3O4S2. The summed E-state index contributed by atoms with van der Waals surface area (Å²) in [4.78, 5) is 38.8. The molecule has 0 atom stereocenters. The molecule has 2 aromatic carbocycles. The van der Waals surface area contributed by atoms with E-state index in [0.29, 0.717) is 27.6 Å². The average Bonchev–Trinajstić information content (AvgIpc) is 2.68. The lowest BCUT2D eigenvalue weighted by molar-refractivity contribution is 0.0615. The number of rotatable bonds is 6. The van der Waals surface area contributed by atoms with Crippen molar-refractivity contribution in [2.75, 3.05) is 25.0 Å². The van der Waals surface area contributed by atoms with Gasteiger partial charge in [0.15, 0.2) is 0 Å². The summed E-state index contributed by atoms with van der Waals surface area (Å²) in [7, 11) is 1.30. The van der Waals surface area contributed by atoms with Gasteiger partial charge in [-0.15, -0.1) is 11.7 Å². The van der Waals surface area contributed by atoms with Crippen LogP contribution in [0.25, 0.3) is 10.8 Å². The van der Waals surface area contributed by atoms with Crippen LogP contribution in [0.4, 0.5) is 10.5 Å². The largest absolute Gasteiger partial charge is 0.448 e. The Kier molecular flexibility index (Phi) is 5.87. The Morgan fingerprint density at radius 1 is 1.21 bits per heavy atom. The highest BCUT2D eigenvalue weighted by atomic mass is 33.1. The van der Waals surface area contributed by atoms with Gasteiger partial charge in [-0.2, -0.15) is 0 Å². The highest BCUT2D eigenvalue weighted by Crippen LogP contribution is 2.34. The monoisotopic (exact) mass is 419 g/mol. The van der Waals surface area contributed by atoms with Gasteiger partial charge < -0.3 is 10.5 Å². The van der Waals surface area contributed by atoms with Crippen molar-refractivity contribution in [2.45, 2.75) is 18.6 Å². The number of carbonyl (C=O) groups excluding carboxylic acids is 3. The van der Waals surface area contributed by atoms with Gasteiger partial charge in [-0.1, -0.05) is 22.9 Å². The Morgan fingerprint density at radius 3 is 2.54 bits per heavy atom. The van der Waals surface area contributed by atoms with Crippen LogP contribution in [0.5, 0.6) is 0 Å². The highest BCUT2D eigenvalue weighted by Gasteiger charge is 2.33. The zero-order chi connectivity index (χ0) is 20.5. The van der Waals surface area contributed by atoms with E-state index >= 15 is 0 Å². The predicted octanol–water partition coefficient (Wildman–Crippen LogP) is 3.30. The number of amides is 3. The first kappa shape index (κ1) is 20.5. The van der Waals surface area contributed by atoms with E-state index in [1.807, 2.05) is 13.8 Å². The minimum atomic E-state index is -0.616. The Labute approximate surface area is 171 Å². The first-order valence-corrected chi connectivity index (χ1v) is 10.5. The van der Waals surface area contributed by atoms with Gasteiger partial charge in [-0.25, -0.2) is 4.79 Å². The molecule has 0 aliphatic carbocycles. The van der Waals surface area contributed by atoms with E-state index in [1.165, 1.54) is 10.8 Å². The van der Waals surface area contributed by atoms with Crippen molar-refractivity contribution >= 4 is 56.8 Å². The van der Waals surface area contributed by atoms with Gasteiger partial charge in [0.25, 0.3) is 11.8 Å². The number of nitrogens with zero attached hydrogens (tertiary/aromatic N) is 1. The van der Waals surface area contributed by atoms with Crippen molar-refractivity contribution < 1.29 is 19.1 Å². The third-order valence-electron chi connectivity index (χ3n) is 4.38.